The molecule has 1 saturated carbocycles. The summed E-state index contributed by atoms with van der Waals surface area (Å²) in [5.74, 6) is -0.611. The number of amides is 3. The first-order chi connectivity index (χ1) is 16.7. The lowest BCUT2D eigenvalue weighted by molar-refractivity contribution is -0.142. The quantitative estimate of drug-likeness (QED) is 0.486. The van der Waals surface area contributed by atoms with E-state index in [4.69, 9.17) is 4.52 Å². The normalized spacial score (nSPS) is 14.7. The zero-order valence-electron chi connectivity index (χ0n) is 20.7. The van der Waals surface area contributed by atoms with Crippen LogP contribution in [0.3, 0.4) is 0 Å². The Hall–Kier alpha value is -3.23. The van der Waals surface area contributed by atoms with E-state index in [-0.39, 0.29) is 54.5 Å². The van der Waals surface area contributed by atoms with E-state index < -0.39 is 17.8 Å². The zero-order chi connectivity index (χ0) is 25.4. The lowest BCUT2D eigenvalue weighted by atomic mass is 10.0. The Bertz CT molecular complexity index is 1020. The zero-order valence-corrected chi connectivity index (χ0v) is 20.7. The minimum absolute atomic E-state index is 0.0236. The molecule has 1 atom stereocenters. The summed E-state index contributed by atoms with van der Waals surface area (Å²) in [7, 11) is 0. The van der Waals surface area contributed by atoms with E-state index in [1.54, 1.807) is 31.2 Å². The highest BCUT2D eigenvalue weighted by Gasteiger charge is 2.34. The topological polar surface area (TPSA) is 105 Å². The third-order valence-corrected chi connectivity index (χ3v) is 6.19. The average molecular weight is 487 g/mol. The molecule has 8 nitrogen and oxygen atoms in total. The minimum atomic E-state index is -1.11. The van der Waals surface area contributed by atoms with Crippen LogP contribution in [0.1, 0.15) is 76.2 Å². The fourth-order valence-corrected chi connectivity index (χ4v) is 4.29. The molecular weight excluding hydrogens is 451 g/mol. The van der Waals surface area contributed by atoms with Crippen LogP contribution in [0.5, 0.6) is 0 Å². The van der Waals surface area contributed by atoms with Crippen LogP contribution in [0.2, 0.25) is 0 Å². The fraction of sp³-hybridized carbons (Fsp3) is 0.538. The first-order valence-electron chi connectivity index (χ1n) is 12.3. The maximum atomic E-state index is 14.9. The number of hydrogen-bond acceptors (Lipinski definition) is 5. The van der Waals surface area contributed by atoms with Gasteiger partial charge in [-0.05, 0) is 38.2 Å². The van der Waals surface area contributed by atoms with Gasteiger partial charge in [0.2, 0.25) is 17.7 Å². The first-order valence-corrected chi connectivity index (χ1v) is 12.3. The van der Waals surface area contributed by atoms with Gasteiger partial charge in [-0.3, -0.25) is 14.4 Å². The molecule has 1 heterocycles. The molecule has 1 aliphatic carbocycles. The predicted molar refractivity (Wildman–Crippen MR) is 130 cm³/mol. The van der Waals surface area contributed by atoms with Crippen molar-refractivity contribution in [3.63, 3.8) is 0 Å². The number of nitrogens with zero attached hydrogens (tertiary/aromatic N) is 2. The Morgan fingerprint density at radius 2 is 1.89 bits per heavy atom. The molecule has 0 saturated heterocycles. The van der Waals surface area contributed by atoms with Gasteiger partial charge >= 0.3 is 0 Å². The second-order valence-corrected chi connectivity index (χ2v) is 9.55. The van der Waals surface area contributed by atoms with Gasteiger partial charge in [-0.2, -0.15) is 0 Å². The third-order valence-electron chi connectivity index (χ3n) is 6.19. The highest BCUT2D eigenvalue weighted by Crippen LogP contribution is 2.27. The van der Waals surface area contributed by atoms with Crippen LogP contribution in [-0.4, -0.2) is 40.4 Å². The van der Waals surface area contributed by atoms with Crippen LogP contribution < -0.4 is 10.6 Å². The number of halogens is 1. The molecule has 0 spiro atoms. The van der Waals surface area contributed by atoms with Gasteiger partial charge in [0.1, 0.15) is 17.6 Å². The number of aryl methyl sites for hydroxylation is 1. The van der Waals surface area contributed by atoms with Crippen LogP contribution in [0.25, 0.3) is 0 Å². The average Bonchev–Trinajstić information content (AvgIpc) is 3.47. The summed E-state index contributed by atoms with van der Waals surface area (Å²) in [6.07, 6.45) is 4.23. The first kappa shape index (κ1) is 26.4. The van der Waals surface area contributed by atoms with Crippen molar-refractivity contribution in [1.82, 2.24) is 15.4 Å². The number of aromatic nitrogens is 1. The number of anilines is 1. The molecule has 3 rings (SSSR count). The van der Waals surface area contributed by atoms with Crippen LogP contribution in [0.15, 0.2) is 34.9 Å². The van der Waals surface area contributed by atoms with Gasteiger partial charge in [0, 0.05) is 37.1 Å². The minimum Gasteiger partial charge on any atom is -0.360 e. The van der Waals surface area contributed by atoms with Crippen molar-refractivity contribution >= 4 is 23.5 Å². The molecule has 2 N–H and O–H groups in total. The summed E-state index contributed by atoms with van der Waals surface area (Å²) >= 11 is 0. The Labute approximate surface area is 205 Å². The summed E-state index contributed by atoms with van der Waals surface area (Å²) in [6.45, 7) is 6.02. The number of rotatable bonds is 11. The molecule has 1 aromatic carbocycles. The maximum Gasteiger partial charge on any atom is 0.247 e. The highest BCUT2D eigenvalue weighted by atomic mass is 19.1. The lowest BCUT2D eigenvalue weighted by Crippen LogP contribution is -2.47. The second kappa shape index (κ2) is 12.5. The molecule has 9 heteroatoms. The molecule has 0 bridgehead atoms. The summed E-state index contributed by atoms with van der Waals surface area (Å²) in [6, 6.07) is 6.55. The van der Waals surface area contributed by atoms with Gasteiger partial charge in [0.15, 0.2) is 5.82 Å². The molecule has 1 aliphatic rings. The summed E-state index contributed by atoms with van der Waals surface area (Å²) in [5, 5.41) is 9.34. The van der Waals surface area contributed by atoms with Crippen LogP contribution in [0, 0.1) is 18.7 Å². The van der Waals surface area contributed by atoms with Gasteiger partial charge < -0.3 is 20.1 Å². The van der Waals surface area contributed by atoms with Crippen LogP contribution in [0.4, 0.5) is 10.2 Å². The number of carbonyl (C=O) groups is 3. The third kappa shape index (κ3) is 7.63. The van der Waals surface area contributed by atoms with E-state index in [1.165, 1.54) is 11.0 Å². The Kier molecular flexibility index (Phi) is 9.39. The van der Waals surface area contributed by atoms with E-state index in [1.807, 2.05) is 13.8 Å². The molecule has 0 radical (unpaired) electrons. The van der Waals surface area contributed by atoms with E-state index in [2.05, 4.69) is 15.8 Å². The Balaban J connectivity index is 1.79. The second-order valence-electron chi connectivity index (χ2n) is 9.55. The summed E-state index contributed by atoms with van der Waals surface area (Å²) in [4.78, 5) is 40.6. The van der Waals surface area contributed by atoms with E-state index >= 15 is 0 Å². The molecule has 1 aromatic heterocycles. The SMILES string of the molecule is Cc1cc(NC(=O)CCC(=O)N(CCC(C)C)C(C(=O)NC2CCCC2)c2ccccc2F)no1. The monoisotopic (exact) mass is 486 g/mol. The fourth-order valence-electron chi connectivity index (χ4n) is 4.29. The van der Waals surface area contributed by atoms with Crippen LogP contribution in [-0.2, 0) is 14.4 Å². The van der Waals surface area contributed by atoms with E-state index in [9.17, 15) is 18.8 Å². The molecule has 190 valence electrons. The highest BCUT2D eigenvalue weighted by molar-refractivity contribution is 5.94. The molecular formula is C26H35FN4O4. The number of hydrogen-bond donors (Lipinski definition) is 2. The van der Waals surface area contributed by atoms with Crippen LogP contribution >= 0.6 is 0 Å². The summed E-state index contributed by atoms with van der Waals surface area (Å²) in [5.41, 5.74) is 0.155. The molecule has 1 unspecified atom stereocenters. The molecule has 2 aromatic rings. The maximum absolute atomic E-state index is 14.9. The molecule has 3 amide bonds. The van der Waals surface area contributed by atoms with Gasteiger partial charge in [-0.15, -0.1) is 0 Å². The summed E-state index contributed by atoms with van der Waals surface area (Å²) < 4.78 is 19.8. The Morgan fingerprint density at radius 3 is 2.51 bits per heavy atom. The standard InChI is InChI=1S/C26H35FN4O4/c1-17(2)14-15-31(24(33)13-12-23(32)29-22-16-18(3)35-30-22)25(20-10-6-7-11-21(20)27)26(34)28-19-8-4-5-9-19/h6-7,10-11,16-17,19,25H,4-5,8-9,12-15H2,1-3H3,(H,28,34)(H,29,30,32). The van der Waals surface area contributed by atoms with Gasteiger partial charge in [-0.25, -0.2) is 4.39 Å². The van der Waals surface area contributed by atoms with Crippen molar-refractivity contribution in [3.8, 4) is 0 Å². The number of benzene rings is 1. The van der Waals surface area contributed by atoms with Crippen molar-refractivity contribution in [3.05, 3.63) is 47.5 Å². The number of nitrogens with one attached hydrogen (secondary N) is 2. The van der Waals surface area contributed by atoms with Crippen molar-refractivity contribution in [2.24, 2.45) is 5.92 Å². The van der Waals surface area contributed by atoms with Gasteiger partial charge in [0.05, 0.1) is 0 Å². The molecule has 35 heavy (non-hydrogen) atoms. The van der Waals surface area contributed by atoms with E-state index in [0.29, 0.717) is 12.2 Å². The predicted octanol–water partition coefficient (Wildman–Crippen LogP) is 4.52. The number of carbonyl (C=O) groups excluding carboxylic acids is 3. The van der Waals surface area contributed by atoms with Crippen molar-refractivity contribution in [2.75, 3.05) is 11.9 Å². The lowest BCUT2D eigenvalue weighted by Gasteiger charge is -2.33. The van der Waals surface area contributed by atoms with Crippen molar-refractivity contribution in [2.45, 2.75) is 77.8 Å². The van der Waals surface area contributed by atoms with Gasteiger partial charge in [0.25, 0.3) is 0 Å². The molecule has 1 fully saturated rings. The molecule has 0 aliphatic heterocycles. The smallest absolute Gasteiger partial charge is 0.247 e. The van der Waals surface area contributed by atoms with Crippen molar-refractivity contribution < 1.29 is 23.3 Å². The Morgan fingerprint density at radius 1 is 1.17 bits per heavy atom. The van der Waals surface area contributed by atoms with Gasteiger partial charge in [-0.1, -0.05) is 50.0 Å². The largest absolute Gasteiger partial charge is 0.360 e. The van der Waals surface area contributed by atoms with E-state index in [0.717, 1.165) is 25.7 Å². The van der Waals surface area contributed by atoms with Crippen molar-refractivity contribution in [1.29, 1.82) is 0 Å².